The van der Waals surface area contributed by atoms with Gasteiger partial charge in [-0.3, -0.25) is 0 Å². The Labute approximate surface area is 88.9 Å². The van der Waals surface area contributed by atoms with E-state index in [2.05, 4.69) is 23.0 Å². The lowest BCUT2D eigenvalue weighted by molar-refractivity contribution is -0.689. The molecule has 0 unspecified atom stereocenters. The second kappa shape index (κ2) is 5.46. The quantitative estimate of drug-likeness (QED) is 0.429. The fraction of sp³-hybridized carbons (Fsp3) is 0.273. The van der Waals surface area contributed by atoms with Gasteiger partial charge in [0, 0.05) is 28.7 Å². The van der Waals surface area contributed by atoms with E-state index in [1.807, 2.05) is 25.4 Å². The van der Waals surface area contributed by atoms with Gasteiger partial charge in [0.05, 0.1) is 6.07 Å². The molecule has 0 radical (unpaired) electrons. The lowest BCUT2D eigenvalue weighted by Gasteiger charge is -1.97. The highest BCUT2D eigenvalue weighted by Gasteiger charge is 2.00. The average Bonchev–Trinajstić information content (AvgIpc) is 2.19. The van der Waals surface area contributed by atoms with Gasteiger partial charge in [0.1, 0.15) is 0 Å². The van der Waals surface area contributed by atoms with Crippen molar-refractivity contribution < 1.29 is 4.57 Å². The van der Waals surface area contributed by atoms with Crippen molar-refractivity contribution in [3.8, 4) is 6.07 Å². The molecule has 3 heteroatoms. The molecule has 0 aliphatic carbocycles. The van der Waals surface area contributed by atoms with Crippen LogP contribution in [-0.2, 0) is 6.54 Å². The van der Waals surface area contributed by atoms with Gasteiger partial charge < -0.3 is 0 Å². The molecule has 0 aromatic carbocycles. The van der Waals surface area contributed by atoms with Gasteiger partial charge >= 0.3 is 0 Å². The van der Waals surface area contributed by atoms with Gasteiger partial charge in [0.15, 0.2) is 18.9 Å². The van der Waals surface area contributed by atoms with Gasteiger partial charge in [-0.05, 0) is 13.2 Å². The number of hydrogen-bond donors (Lipinski definition) is 0. The fourth-order valence-corrected chi connectivity index (χ4v) is 1.52. The third-order valence-corrected chi connectivity index (χ3v) is 2.58. The zero-order chi connectivity index (χ0) is 10.4. The Balaban J connectivity index is 2.70. The summed E-state index contributed by atoms with van der Waals surface area (Å²) < 4.78 is 2.06. The van der Waals surface area contributed by atoms with Crippen LogP contribution in [0.2, 0.25) is 0 Å². The first-order chi connectivity index (χ1) is 6.76. The summed E-state index contributed by atoms with van der Waals surface area (Å²) in [4.78, 5) is 1.25. The van der Waals surface area contributed by atoms with Gasteiger partial charge in [-0.1, -0.05) is 0 Å². The lowest BCUT2D eigenvalue weighted by atomic mass is 10.3. The summed E-state index contributed by atoms with van der Waals surface area (Å²) in [5, 5.41) is 8.46. The number of hydrogen-bond acceptors (Lipinski definition) is 2. The molecule has 0 atom stereocenters. The van der Waals surface area contributed by atoms with E-state index in [0.717, 1.165) is 12.1 Å². The smallest absolute Gasteiger partial charge is 0.170 e. The molecule has 0 fully saturated rings. The molecule has 0 N–H and O–H groups in total. The van der Waals surface area contributed by atoms with Crippen LogP contribution in [0, 0.1) is 11.3 Å². The molecule has 0 spiro atoms. The molecule has 0 aliphatic rings. The molecule has 0 saturated heterocycles. The zero-order valence-electron chi connectivity index (χ0n) is 8.40. The number of aromatic nitrogens is 1. The van der Waals surface area contributed by atoms with Gasteiger partial charge in [-0.2, -0.15) is 5.26 Å². The number of thioether (sulfide) groups is 1. The Morgan fingerprint density at radius 3 is 2.71 bits per heavy atom. The Hall–Kier alpha value is -1.27. The largest absolute Gasteiger partial charge is 0.201 e. The van der Waals surface area contributed by atoms with Crippen molar-refractivity contribution in [2.24, 2.45) is 0 Å². The van der Waals surface area contributed by atoms with E-state index in [4.69, 9.17) is 5.26 Å². The highest BCUT2D eigenvalue weighted by atomic mass is 32.2. The number of nitrogens with zero attached hydrogens (tertiary/aromatic N) is 2. The van der Waals surface area contributed by atoms with E-state index in [0.29, 0.717) is 0 Å². The van der Waals surface area contributed by atoms with Crippen molar-refractivity contribution in [2.45, 2.75) is 18.4 Å². The molecule has 1 heterocycles. The minimum absolute atomic E-state index is 0.780. The molecular formula is C11H13N2S+. The molecule has 72 valence electrons. The van der Waals surface area contributed by atoms with Gasteiger partial charge in [-0.25, -0.2) is 4.57 Å². The molecule has 0 saturated carbocycles. The lowest BCUT2D eigenvalue weighted by Crippen LogP contribution is -2.32. The maximum atomic E-state index is 8.46. The SMILES string of the molecule is CSc1cc[n+](CC(C)=CC#N)cc1. The monoisotopic (exact) mass is 205 g/mol. The van der Waals surface area contributed by atoms with Gasteiger partial charge in [0.2, 0.25) is 0 Å². The van der Waals surface area contributed by atoms with Crippen LogP contribution in [0.5, 0.6) is 0 Å². The van der Waals surface area contributed by atoms with Crippen LogP contribution >= 0.6 is 11.8 Å². The molecule has 14 heavy (non-hydrogen) atoms. The maximum Gasteiger partial charge on any atom is 0.170 e. The van der Waals surface area contributed by atoms with Crippen LogP contribution < -0.4 is 4.57 Å². The Kier molecular flexibility index (Phi) is 4.21. The Morgan fingerprint density at radius 2 is 2.21 bits per heavy atom. The Morgan fingerprint density at radius 1 is 1.57 bits per heavy atom. The van der Waals surface area contributed by atoms with Crippen LogP contribution in [0.4, 0.5) is 0 Å². The summed E-state index contributed by atoms with van der Waals surface area (Å²) in [5.41, 5.74) is 1.06. The first-order valence-electron chi connectivity index (χ1n) is 4.34. The van der Waals surface area contributed by atoms with E-state index < -0.39 is 0 Å². The fourth-order valence-electron chi connectivity index (χ4n) is 1.13. The molecule has 1 aromatic heterocycles. The van der Waals surface area contributed by atoms with Crippen LogP contribution in [0.1, 0.15) is 6.92 Å². The second-order valence-electron chi connectivity index (χ2n) is 3.03. The molecule has 0 amide bonds. The van der Waals surface area contributed by atoms with Crippen molar-refractivity contribution in [2.75, 3.05) is 6.26 Å². The topological polar surface area (TPSA) is 27.7 Å². The summed E-state index contributed by atoms with van der Waals surface area (Å²) in [6, 6.07) is 6.18. The van der Waals surface area contributed by atoms with Crippen molar-refractivity contribution in [3.63, 3.8) is 0 Å². The van der Waals surface area contributed by atoms with Gasteiger partial charge in [-0.15, -0.1) is 11.8 Å². The number of nitriles is 1. The summed E-state index contributed by atoms with van der Waals surface area (Å²) in [7, 11) is 0. The highest BCUT2D eigenvalue weighted by Crippen LogP contribution is 2.10. The minimum Gasteiger partial charge on any atom is -0.201 e. The van der Waals surface area contributed by atoms with E-state index in [9.17, 15) is 0 Å². The highest BCUT2D eigenvalue weighted by molar-refractivity contribution is 7.98. The van der Waals surface area contributed by atoms with Crippen LogP contribution in [-0.4, -0.2) is 6.26 Å². The Bertz CT molecular complexity index is 360. The number of allylic oxidation sites excluding steroid dienone is 2. The standard InChI is InChI=1S/C11H13N2S/c1-10(3-6-12)9-13-7-4-11(14-2)5-8-13/h3-5,7-8H,9H2,1-2H3/q+1. The van der Waals surface area contributed by atoms with Gasteiger partial charge in [0.25, 0.3) is 0 Å². The zero-order valence-corrected chi connectivity index (χ0v) is 9.21. The van der Waals surface area contributed by atoms with Crippen LogP contribution in [0.25, 0.3) is 0 Å². The van der Waals surface area contributed by atoms with Crippen molar-refractivity contribution in [1.29, 1.82) is 5.26 Å². The third-order valence-electron chi connectivity index (χ3n) is 1.84. The van der Waals surface area contributed by atoms with E-state index in [1.54, 1.807) is 17.8 Å². The maximum absolute atomic E-state index is 8.46. The predicted molar refractivity (Wildman–Crippen MR) is 57.8 cm³/mol. The normalized spacial score (nSPS) is 11.1. The molecule has 0 bridgehead atoms. The van der Waals surface area contributed by atoms with Crippen molar-refractivity contribution >= 4 is 11.8 Å². The van der Waals surface area contributed by atoms with Crippen molar-refractivity contribution in [3.05, 3.63) is 36.2 Å². The summed E-state index contributed by atoms with van der Waals surface area (Å²) in [5.74, 6) is 0. The number of pyridine rings is 1. The molecule has 0 aliphatic heterocycles. The van der Waals surface area contributed by atoms with E-state index in [1.165, 1.54) is 4.90 Å². The van der Waals surface area contributed by atoms with Crippen LogP contribution in [0.15, 0.2) is 41.1 Å². The summed E-state index contributed by atoms with van der Waals surface area (Å²) in [6.07, 6.45) is 7.69. The van der Waals surface area contributed by atoms with E-state index >= 15 is 0 Å². The summed E-state index contributed by atoms with van der Waals surface area (Å²) in [6.45, 7) is 2.74. The predicted octanol–water partition coefficient (Wildman–Crippen LogP) is 2.17. The average molecular weight is 205 g/mol. The van der Waals surface area contributed by atoms with Crippen molar-refractivity contribution in [1.82, 2.24) is 0 Å². The molecule has 1 rings (SSSR count). The third kappa shape index (κ3) is 3.23. The first-order valence-corrected chi connectivity index (χ1v) is 5.57. The molecular weight excluding hydrogens is 192 g/mol. The van der Waals surface area contributed by atoms with Crippen LogP contribution in [0.3, 0.4) is 0 Å². The summed E-state index contributed by atoms with van der Waals surface area (Å²) >= 11 is 1.73. The number of rotatable bonds is 3. The molecule has 2 nitrogen and oxygen atoms in total. The second-order valence-corrected chi connectivity index (χ2v) is 3.91. The first kappa shape index (κ1) is 10.8. The minimum atomic E-state index is 0.780. The molecule has 1 aromatic rings. The van der Waals surface area contributed by atoms with E-state index in [-0.39, 0.29) is 0 Å².